The third kappa shape index (κ3) is 4.23. The summed E-state index contributed by atoms with van der Waals surface area (Å²) in [6.45, 7) is 0. The minimum atomic E-state index is -0.322. The summed E-state index contributed by atoms with van der Waals surface area (Å²) in [6.07, 6.45) is 0.267. The lowest BCUT2D eigenvalue weighted by Gasteiger charge is -2.32. The van der Waals surface area contributed by atoms with Crippen molar-refractivity contribution in [3.05, 3.63) is 100 Å². The molecule has 2 atom stereocenters. The SMILES string of the molecule is COc1cc(OC)c2c(-c3ccc(Br)cc3)c([C@@H]3C[C@@H](c4ccc(O)cc4)Oc4cc(O)ccc43)oc2c1. The fraction of sp³-hybridized carbons (Fsp3) is 0.161. The zero-order valence-electron chi connectivity index (χ0n) is 20.8. The van der Waals surface area contributed by atoms with E-state index in [4.69, 9.17) is 18.6 Å². The molecule has 0 saturated carbocycles. The lowest BCUT2D eigenvalue weighted by molar-refractivity contribution is 0.162. The van der Waals surface area contributed by atoms with Crippen LogP contribution in [-0.2, 0) is 0 Å². The molecule has 5 aromatic rings. The van der Waals surface area contributed by atoms with E-state index >= 15 is 0 Å². The summed E-state index contributed by atoms with van der Waals surface area (Å²) in [5.41, 5.74) is 4.41. The molecule has 1 aliphatic heterocycles. The lowest BCUT2D eigenvalue weighted by atomic mass is 9.83. The van der Waals surface area contributed by atoms with Crippen LogP contribution in [0.15, 0.2) is 87.8 Å². The maximum atomic E-state index is 10.3. The summed E-state index contributed by atoms with van der Waals surface area (Å²) in [6, 6.07) is 24.0. The molecular weight excluding hydrogens is 548 g/mol. The average Bonchev–Trinajstić information content (AvgIpc) is 3.32. The number of hydrogen-bond donors (Lipinski definition) is 2. The number of furan rings is 1. The van der Waals surface area contributed by atoms with Gasteiger partial charge in [0.25, 0.3) is 0 Å². The first-order chi connectivity index (χ1) is 18.4. The van der Waals surface area contributed by atoms with Gasteiger partial charge in [0.1, 0.15) is 46.2 Å². The molecule has 0 bridgehead atoms. The Bertz CT molecular complexity index is 1620. The second-order valence-corrected chi connectivity index (χ2v) is 10.2. The highest BCUT2D eigenvalue weighted by molar-refractivity contribution is 9.10. The van der Waals surface area contributed by atoms with Crippen LogP contribution in [0.4, 0.5) is 0 Å². The number of aromatic hydroxyl groups is 2. The molecule has 38 heavy (non-hydrogen) atoms. The Labute approximate surface area is 228 Å². The van der Waals surface area contributed by atoms with Crippen LogP contribution in [0.25, 0.3) is 22.1 Å². The van der Waals surface area contributed by atoms with Crippen LogP contribution in [-0.4, -0.2) is 24.4 Å². The third-order valence-electron chi connectivity index (χ3n) is 7.02. The van der Waals surface area contributed by atoms with Crippen molar-refractivity contribution < 1.29 is 28.8 Å². The number of halogens is 1. The van der Waals surface area contributed by atoms with Crippen molar-refractivity contribution in [2.75, 3.05) is 14.2 Å². The highest BCUT2D eigenvalue weighted by atomic mass is 79.9. The smallest absolute Gasteiger partial charge is 0.142 e. The van der Waals surface area contributed by atoms with Crippen LogP contribution in [0.3, 0.4) is 0 Å². The molecule has 0 unspecified atom stereocenters. The van der Waals surface area contributed by atoms with Gasteiger partial charge in [-0.1, -0.05) is 46.3 Å². The molecule has 2 N–H and O–H groups in total. The fourth-order valence-corrected chi connectivity index (χ4v) is 5.47. The predicted octanol–water partition coefficient (Wildman–Crippen LogP) is 7.95. The molecule has 6 rings (SSSR count). The van der Waals surface area contributed by atoms with Crippen LogP contribution in [0, 0.1) is 0 Å². The summed E-state index contributed by atoms with van der Waals surface area (Å²) in [5.74, 6) is 2.77. The van der Waals surface area contributed by atoms with E-state index in [1.165, 1.54) is 0 Å². The Hall–Kier alpha value is -4.10. The predicted molar refractivity (Wildman–Crippen MR) is 148 cm³/mol. The van der Waals surface area contributed by atoms with Gasteiger partial charge in [-0.3, -0.25) is 0 Å². The molecule has 2 heterocycles. The highest BCUT2D eigenvalue weighted by Gasteiger charge is 2.36. The van der Waals surface area contributed by atoms with E-state index in [0.29, 0.717) is 29.3 Å². The van der Waals surface area contributed by atoms with Crippen molar-refractivity contribution in [3.8, 4) is 39.9 Å². The van der Waals surface area contributed by atoms with Crippen LogP contribution in [0.1, 0.15) is 35.3 Å². The zero-order valence-corrected chi connectivity index (χ0v) is 22.4. The van der Waals surface area contributed by atoms with Crippen molar-refractivity contribution >= 4 is 26.9 Å². The lowest BCUT2D eigenvalue weighted by Crippen LogP contribution is -2.20. The number of phenols is 2. The van der Waals surface area contributed by atoms with Gasteiger partial charge in [-0.15, -0.1) is 0 Å². The molecule has 1 aromatic heterocycles. The number of rotatable bonds is 5. The molecule has 6 nitrogen and oxygen atoms in total. The third-order valence-corrected chi connectivity index (χ3v) is 7.55. The van der Waals surface area contributed by atoms with E-state index in [2.05, 4.69) is 28.1 Å². The van der Waals surface area contributed by atoms with Crippen molar-refractivity contribution in [2.45, 2.75) is 18.4 Å². The van der Waals surface area contributed by atoms with E-state index in [1.54, 1.807) is 38.5 Å². The summed E-state index contributed by atoms with van der Waals surface area (Å²) in [5, 5.41) is 20.9. The molecule has 0 amide bonds. The Morgan fingerprint density at radius 3 is 2.29 bits per heavy atom. The van der Waals surface area contributed by atoms with E-state index < -0.39 is 0 Å². The molecule has 0 radical (unpaired) electrons. The maximum Gasteiger partial charge on any atom is 0.142 e. The summed E-state index contributed by atoms with van der Waals surface area (Å²) in [4.78, 5) is 0. The Morgan fingerprint density at radius 1 is 0.842 bits per heavy atom. The summed E-state index contributed by atoms with van der Waals surface area (Å²) < 4.78 is 25.4. The first-order valence-corrected chi connectivity index (χ1v) is 13.0. The standard InChI is InChI=1S/C31H25BrO6/c1-35-22-14-27(36-2)30-28(15-22)38-31(29(30)18-3-7-19(32)8-4-18)24-16-25(17-5-9-20(33)10-6-17)37-26-13-21(34)11-12-23(24)26/h3-15,24-25,33-34H,16H2,1-2H3/t24-,25+/m1/s1. The van der Waals surface area contributed by atoms with E-state index in [-0.39, 0.29) is 23.5 Å². The first kappa shape index (κ1) is 24.2. The monoisotopic (exact) mass is 572 g/mol. The van der Waals surface area contributed by atoms with E-state index in [0.717, 1.165) is 37.9 Å². The number of phenolic OH excluding ortho intramolecular Hbond substituents is 2. The largest absolute Gasteiger partial charge is 0.508 e. The Balaban J connectivity index is 1.61. The topological polar surface area (TPSA) is 81.3 Å². The molecule has 7 heteroatoms. The Kier molecular flexibility index (Phi) is 6.16. The van der Waals surface area contributed by atoms with E-state index in [1.807, 2.05) is 42.5 Å². The Morgan fingerprint density at radius 2 is 1.58 bits per heavy atom. The highest BCUT2D eigenvalue weighted by Crippen LogP contribution is 2.52. The van der Waals surface area contributed by atoms with Gasteiger partial charge in [0, 0.05) is 40.2 Å². The quantitative estimate of drug-likeness (QED) is 0.222. The average molecular weight is 573 g/mol. The minimum absolute atomic E-state index is 0.123. The van der Waals surface area contributed by atoms with Gasteiger partial charge in [0.05, 0.1) is 25.5 Å². The van der Waals surface area contributed by atoms with Gasteiger partial charge in [-0.2, -0.15) is 0 Å². The van der Waals surface area contributed by atoms with Crippen LogP contribution in [0.2, 0.25) is 0 Å². The van der Waals surface area contributed by atoms with E-state index in [9.17, 15) is 10.2 Å². The van der Waals surface area contributed by atoms with Gasteiger partial charge >= 0.3 is 0 Å². The second kappa shape index (κ2) is 9.65. The van der Waals surface area contributed by atoms with Gasteiger partial charge in [-0.25, -0.2) is 0 Å². The summed E-state index contributed by atoms with van der Waals surface area (Å²) in [7, 11) is 3.25. The van der Waals surface area contributed by atoms with Crippen molar-refractivity contribution in [3.63, 3.8) is 0 Å². The number of hydrogen-bond acceptors (Lipinski definition) is 6. The van der Waals surface area contributed by atoms with Crippen molar-refractivity contribution in [1.29, 1.82) is 0 Å². The van der Waals surface area contributed by atoms with Gasteiger partial charge in [0.15, 0.2) is 0 Å². The maximum absolute atomic E-state index is 10.3. The number of fused-ring (bicyclic) bond motifs is 2. The molecule has 0 aliphatic carbocycles. The summed E-state index contributed by atoms with van der Waals surface area (Å²) >= 11 is 3.54. The number of methoxy groups -OCH3 is 2. The molecular formula is C31H25BrO6. The zero-order chi connectivity index (χ0) is 26.4. The van der Waals surface area contributed by atoms with Crippen molar-refractivity contribution in [1.82, 2.24) is 0 Å². The molecule has 0 fully saturated rings. The normalized spacial score (nSPS) is 16.6. The molecule has 192 valence electrons. The molecule has 0 saturated heterocycles. The molecule has 4 aromatic carbocycles. The van der Waals surface area contributed by atoms with Crippen LogP contribution in [0.5, 0.6) is 28.7 Å². The molecule has 0 spiro atoms. The van der Waals surface area contributed by atoms with Gasteiger partial charge in [0.2, 0.25) is 0 Å². The molecule has 1 aliphatic rings. The first-order valence-electron chi connectivity index (χ1n) is 12.2. The minimum Gasteiger partial charge on any atom is -0.508 e. The van der Waals surface area contributed by atoms with Gasteiger partial charge in [-0.05, 0) is 41.5 Å². The van der Waals surface area contributed by atoms with Crippen LogP contribution < -0.4 is 14.2 Å². The second-order valence-electron chi connectivity index (χ2n) is 9.26. The van der Waals surface area contributed by atoms with Crippen molar-refractivity contribution in [2.24, 2.45) is 0 Å². The number of ether oxygens (including phenoxy) is 3. The van der Waals surface area contributed by atoms with Crippen LogP contribution >= 0.6 is 15.9 Å². The van der Waals surface area contributed by atoms with Gasteiger partial charge < -0.3 is 28.8 Å². The number of benzene rings is 4. The fourth-order valence-electron chi connectivity index (χ4n) is 5.21.